The number of nitrogens with zero attached hydrogens (tertiary/aromatic N) is 2. The number of hydrogen-bond donors (Lipinski definition) is 5. The van der Waals surface area contributed by atoms with Gasteiger partial charge in [-0.15, -0.1) is 0 Å². The molecule has 58 heavy (non-hydrogen) atoms. The number of carbonyl (C=O) groups excluding carboxylic acids is 6. The number of aromatic hydroxyl groups is 1. The minimum Gasteiger partial charge on any atom is -0.508 e. The summed E-state index contributed by atoms with van der Waals surface area (Å²) in [5.74, 6) is -4.77. The molecule has 0 aromatic heterocycles. The summed E-state index contributed by atoms with van der Waals surface area (Å²) in [5.41, 5.74) is 3.95. The molecule has 1 saturated heterocycles. The monoisotopic (exact) mass is 805 g/mol. The Morgan fingerprint density at radius 3 is 2.34 bits per heavy atom. The fraction of sp³-hybridized carbons (Fsp3) is 0.545. The Balaban J connectivity index is 2.06. The van der Waals surface area contributed by atoms with Crippen molar-refractivity contribution in [3.05, 3.63) is 77.9 Å². The fourth-order valence-electron chi connectivity index (χ4n) is 6.87. The number of phenols is 1. The number of fused-ring (bicyclic) bond motifs is 2. The molecule has 14 heteroatoms. The van der Waals surface area contributed by atoms with Crippen molar-refractivity contribution in [2.75, 3.05) is 19.6 Å². The molecular formula is C44H63N5O9. The Morgan fingerprint density at radius 1 is 1.02 bits per heavy atom. The fourth-order valence-corrected chi connectivity index (χ4v) is 6.87. The third-order valence-corrected chi connectivity index (χ3v) is 10.5. The molecular weight excluding hydrogens is 743 g/mol. The molecule has 14 nitrogen and oxygen atoms in total. The molecule has 0 radical (unpaired) electrons. The van der Waals surface area contributed by atoms with Crippen molar-refractivity contribution < 1.29 is 43.7 Å². The first-order chi connectivity index (χ1) is 27.6. The first-order valence-electron chi connectivity index (χ1n) is 20.4. The van der Waals surface area contributed by atoms with Crippen molar-refractivity contribution in [2.24, 2.45) is 17.8 Å². The van der Waals surface area contributed by atoms with Crippen LogP contribution in [0.1, 0.15) is 98.6 Å². The van der Waals surface area contributed by atoms with Crippen LogP contribution in [0.2, 0.25) is 0 Å². The van der Waals surface area contributed by atoms with Crippen molar-refractivity contribution in [1.82, 2.24) is 26.0 Å². The van der Waals surface area contributed by atoms with E-state index in [-0.39, 0.29) is 42.4 Å². The summed E-state index contributed by atoms with van der Waals surface area (Å²) < 4.78 is 6.06. The number of aliphatic hydroxyl groups is 1. The average Bonchev–Trinajstić information content (AvgIpc) is 3.19. The first-order valence-corrected chi connectivity index (χ1v) is 20.4. The second-order valence-corrected chi connectivity index (χ2v) is 15.4. The molecule has 2 aliphatic rings. The number of nitrogens with one attached hydrogen (secondary N) is 3. The molecule has 2 aliphatic heterocycles. The van der Waals surface area contributed by atoms with Crippen molar-refractivity contribution in [3.63, 3.8) is 0 Å². The number of carbonyl (C=O) groups is 6. The van der Waals surface area contributed by atoms with Crippen LogP contribution < -0.4 is 16.1 Å². The van der Waals surface area contributed by atoms with E-state index >= 15 is 0 Å². The SMILES string of the molecule is CCN(CC)C(=O)/C=C/C=C(\C)[C@@H]1C/C=C/C=C/C[C@H](C)[C@@H](O)[C@@H](CCC(C)=O)C(=O)N[C@@H](C(C)C)C(=O)NC(c2cccc(O)c2)C(=O)N2CCCC(N2)C(=O)O1. The second-order valence-electron chi connectivity index (χ2n) is 15.4. The van der Waals surface area contributed by atoms with Crippen LogP contribution >= 0.6 is 0 Å². The molecule has 318 valence electrons. The van der Waals surface area contributed by atoms with Crippen LogP contribution in [0.3, 0.4) is 0 Å². The summed E-state index contributed by atoms with van der Waals surface area (Å²) in [6, 6.07) is 2.52. The number of hydrazine groups is 1. The molecule has 0 aliphatic carbocycles. The molecule has 1 aromatic carbocycles. The largest absolute Gasteiger partial charge is 0.508 e. The zero-order valence-corrected chi connectivity index (χ0v) is 35.0. The standard InChI is InChI=1S/C44H63N5O9/c1-8-48(9-2)37(52)23-14-18-29(5)36-22-13-11-10-12-17-30(6)40(53)34(25-24-31(7)50)41(54)45-38(28(3)4)42(55)46-39(32-19-15-20-33(51)27-32)43(56)49-26-16-21-35(47-49)44(57)58-36/h10-15,18-20,23,27-28,30,34-36,38-40,47,51,53H,8-9,16-17,21-22,24-26H2,1-7H3,(H,45,54)(H,46,55)/b12-10+,13-11+,23-14+,29-18+/t30-,34+,35?,36-,38-,39?,40+/m0/s1. The molecule has 1 aromatic rings. The molecule has 4 amide bonds. The lowest BCUT2D eigenvalue weighted by Gasteiger charge is -2.36. The highest BCUT2D eigenvalue weighted by Crippen LogP contribution is 2.25. The van der Waals surface area contributed by atoms with Crippen molar-refractivity contribution >= 4 is 35.4 Å². The van der Waals surface area contributed by atoms with Gasteiger partial charge in [0, 0.05) is 38.6 Å². The van der Waals surface area contributed by atoms with Crippen LogP contribution in [0.15, 0.2) is 72.4 Å². The predicted octanol–water partition coefficient (Wildman–Crippen LogP) is 4.36. The molecule has 2 heterocycles. The number of ether oxygens (including phenoxy) is 1. The summed E-state index contributed by atoms with van der Waals surface area (Å²) in [5, 5.41) is 28.6. The molecule has 3 rings (SSSR count). The van der Waals surface area contributed by atoms with Crippen LogP contribution in [0.5, 0.6) is 5.75 Å². The highest BCUT2D eigenvalue weighted by Gasteiger charge is 2.38. The van der Waals surface area contributed by atoms with E-state index in [9.17, 15) is 39.0 Å². The zero-order valence-electron chi connectivity index (χ0n) is 35.0. The van der Waals surface area contributed by atoms with Crippen molar-refractivity contribution in [3.8, 4) is 5.75 Å². The Morgan fingerprint density at radius 2 is 1.71 bits per heavy atom. The summed E-state index contributed by atoms with van der Waals surface area (Å²) in [4.78, 5) is 82.3. The number of ketones is 1. The molecule has 1 fully saturated rings. The maximum atomic E-state index is 14.3. The Labute approximate surface area is 342 Å². The lowest BCUT2D eigenvalue weighted by molar-refractivity contribution is -0.156. The number of amides is 4. The van der Waals surface area contributed by atoms with Crippen LogP contribution in [0.4, 0.5) is 0 Å². The van der Waals surface area contributed by atoms with E-state index in [1.807, 2.05) is 26.0 Å². The lowest BCUT2D eigenvalue weighted by atomic mass is 9.85. The highest BCUT2D eigenvalue weighted by molar-refractivity contribution is 5.93. The van der Waals surface area contributed by atoms with Crippen molar-refractivity contribution in [1.29, 1.82) is 0 Å². The van der Waals surface area contributed by atoms with Gasteiger partial charge >= 0.3 is 5.97 Å². The normalized spacial score (nSPS) is 27.2. The number of likely N-dealkylation sites (N-methyl/N-ethyl adjacent to an activating group) is 1. The maximum absolute atomic E-state index is 14.3. The number of aliphatic hydroxyl groups excluding tert-OH is 1. The van der Waals surface area contributed by atoms with Gasteiger partial charge in [-0.25, -0.2) is 5.43 Å². The number of phenolic OH excluding ortho intramolecular Hbond substituents is 1. The van der Waals surface area contributed by atoms with Gasteiger partial charge in [-0.2, -0.15) is 0 Å². The molecule has 0 saturated carbocycles. The van der Waals surface area contributed by atoms with Gasteiger partial charge in [0.05, 0.1) is 12.0 Å². The first kappa shape index (κ1) is 47.3. The van der Waals surface area contributed by atoms with Gasteiger partial charge in [0.25, 0.3) is 5.91 Å². The Kier molecular flexibility index (Phi) is 19.0. The molecule has 0 spiro atoms. The molecule has 2 bridgehead atoms. The quantitative estimate of drug-likeness (QED) is 0.129. The van der Waals surface area contributed by atoms with E-state index < -0.39 is 71.8 Å². The highest BCUT2D eigenvalue weighted by atomic mass is 16.5. The number of cyclic esters (lactones) is 1. The van der Waals surface area contributed by atoms with Crippen LogP contribution in [-0.2, 0) is 33.5 Å². The van der Waals surface area contributed by atoms with E-state index in [0.29, 0.717) is 44.3 Å². The van der Waals surface area contributed by atoms with E-state index in [1.165, 1.54) is 36.2 Å². The minimum absolute atomic E-state index is 0.0541. The lowest BCUT2D eigenvalue weighted by Crippen LogP contribution is -2.59. The number of hydrogen-bond acceptors (Lipinski definition) is 10. The molecule has 7 atom stereocenters. The minimum atomic E-state index is -1.34. The van der Waals surface area contributed by atoms with Gasteiger partial charge < -0.3 is 35.3 Å². The van der Waals surface area contributed by atoms with Gasteiger partial charge in [0.1, 0.15) is 35.8 Å². The number of Topliss-reactive ketones (excluding diaryl/α,β-unsaturated/α-hetero) is 1. The van der Waals surface area contributed by atoms with Gasteiger partial charge in [-0.1, -0.05) is 69.4 Å². The second kappa shape index (κ2) is 23.4. The summed E-state index contributed by atoms with van der Waals surface area (Å²) in [6.45, 7) is 13.6. The zero-order chi connectivity index (χ0) is 42.9. The maximum Gasteiger partial charge on any atom is 0.325 e. The topological polar surface area (TPSA) is 195 Å². The van der Waals surface area contributed by atoms with E-state index in [0.717, 1.165) is 0 Å². The van der Waals surface area contributed by atoms with Gasteiger partial charge in [0.2, 0.25) is 17.7 Å². The van der Waals surface area contributed by atoms with Crippen molar-refractivity contribution in [2.45, 2.75) is 117 Å². The Hall–Kier alpha value is -5.08. The van der Waals surface area contributed by atoms with Gasteiger partial charge in [-0.3, -0.25) is 29.0 Å². The molecule has 2 unspecified atom stereocenters. The summed E-state index contributed by atoms with van der Waals surface area (Å²) in [7, 11) is 0. The van der Waals surface area contributed by atoms with Gasteiger partial charge in [-0.05, 0) is 88.5 Å². The molecule has 5 N–H and O–H groups in total. The number of benzene rings is 1. The average molecular weight is 806 g/mol. The summed E-state index contributed by atoms with van der Waals surface area (Å²) in [6.07, 6.45) is 11.9. The Bertz CT molecular complexity index is 1720. The third kappa shape index (κ3) is 14.1. The number of allylic oxidation sites excluding steroid dienone is 5. The number of rotatable bonds is 10. The van der Waals surface area contributed by atoms with Gasteiger partial charge in [0.15, 0.2) is 0 Å². The van der Waals surface area contributed by atoms with E-state index in [4.69, 9.17) is 4.74 Å². The predicted molar refractivity (Wildman–Crippen MR) is 220 cm³/mol. The smallest absolute Gasteiger partial charge is 0.325 e. The van der Waals surface area contributed by atoms with Crippen LogP contribution in [0, 0.1) is 17.8 Å². The van der Waals surface area contributed by atoms with Crippen LogP contribution in [0.25, 0.3) is 0 Å². The van der Waals surface area contributed by atoms with E-state index in [2.05, 4.69) is 16.1 Å². The number of esters is 1. The summed E-state index contributed by atoms with van der Waals surface area (Å²) >= 11 is 0. The van der Waals surface area contributed by atoms with Crippen LogP contribution in [-0.4, -0.2) is 99.4 Å². The third-order valence-electron chi connectivity index (χ3n) is 10.5. The van der Waals surface area contributed by atoms with E-state index in [1.54, 1.807) is 63.0 Å².